The van der Waals surface area contributed by atoms with Gasteiger partial charge in [-0.25, -0.2) is 10.2 Å². The Kier molecular flexibility index (Phi) is 6.66. The highest BCUT2D eigenvalue weighted by Gasteiger charge is 2.11. The van der Waals surface area contributed by atoms with Crippen LogP contribution in [0.5, 0.6) is 5.75 Å². The average molecular weight is 468 g/mol. The van der Waals surface area contributed by atoms with Crippen molar-refractivity contribution in [2.45, 2.75) is 0 Å². The molecule has 0 saturated carbocycles. The molecular formula is C21H14BrN3O5. The molecule has 0 aliphatic rings. The van der Waals surface area contributed by atoms with Crippen LogP contribution in [0.2, 0.25) is 0 Å². The van der Waals surface area contributed by atoms with Crippen molar-refractivity contribution in [1.82, 2.24) is 5.43 Å². The second kappa shape index (κ2) is 9.57. The van der Waals surface area contributed by atoms with Gasteiger partial charge in [-0.1, -0.05) is 22.0 Å². The van der Waals surface area contributed by atoms with Gasteiger partial charge >= 0.3 is 5.97 Å². The highest BCUT2D eigenvalue weighted by Crippen LogP contribution is 2.16. The zero-order valence-corrected chi connectivity index (χ0v) is 16.9. The van der Waals surface area contributed by atoms with Gasteiger partial charge in [-0.15, -0.1) is 0 Å². The summed E-state index contributed by atoms with van der Waals surface area (Å²) in [6.45, 7) is 0. The number of hydrogen-bond donors (Lipinski definition) is 1. The highest BCUT2D eigenvalue weighted by atomic mass is 79.9. The van der Waals surface area contributed by atoms with Gasteiger partial charge in [-0.2, -0.15) is 5.10 Å². The van der Waals surface area contributed by atoms with Crippen molar-refractivity contribution in [1.29, 1.82) is 0 Å². The van der Waals surface area contributed by atoms with Crippen LogP contribution >= 0.6 is 15.9 Å². The van der Waals surface area contributed by atoms with E-state index in [1.165, 1.54) is 30.5 Å². The molecule has 3 rings (SSSR count). The summed E-state index contributed by atoms with van der Waals surface area (Å²) in [5.74, 6) is -0.678. The van der Waals surface area contributed by atoms with Crippen LogP contribution in [-0.2, 0) is 0 Å². The SMILES string of the molecule is O=C(N/N=C/c1ccc(OC(=O)c2ccc([N+](=O)[O-])cc2)cc1)c1cccc(Br)c1. The lowest BCUT2D eigenvalue weighted by Gasteiger charge is -2.04. The molecular weight excluding hydrogens is 454 g/mol. The predicted octanol–water partition coefficient (Wildman–Crippen LogP) is 4.34. The molecule has 0 saturated heterocycles. The monoisotopic (exact) mass is 467 g/mol. The summed E-state index contributed by atoms with van der Waals surface area (Å²) in [7, 11) is 0. The smallest absolute Gasteiger partial charge is 0.343 e. The van der Waals surface area contributed by atoms with E-state index in [1.807, 2.05) is 6.07 Å². The van der Waals surface area contributed by atoms with Gasteiger partial charge in [0.2, 0.25) is 0 Å². The van der Waals surface area contributed by atoms with Crippen LogP contribution in [0.25, 0.3) is 0 Å². The highest BCUT2D eigenvalue weighted by molar-refractivity contribution is 9.10. The van der Waals surface area contributed by atoms with E-state index in [2.05, 4.69) is 26.5 Å². The first-order valence-corrected chi connectivity index (χ1v) is 9.37. The van der Waals surface area contributed by atoms with Gasteiger partial charge in [0.05, 0.1) is 16.7 Å². The predicted molar refractivity (Wildman–Crippen MR) is 114 cm³/mol. The van der Waals surface area contributed by atoms with Crippen LogP contribution in [0.3, 0.4) is 0 Å². The van der Waals surface area contributed by atoms with E-state index in [4.69, 9.17) is 4.74 Å². The zero-order chi connectivity index (χ0) is 21.5. The number of nitrogens with one attached hydrogen (secondary N) is 1. The van der Waals surface area contributed by atoms with Crippen LogP contribution in [0, 0.1) is 10.1 Å². The van der Waals surface area contributed by atoms with E-state index < -0.39 is 10.9 Å². The number of carbonyl (C=O) groups excluding carboxylic acids is 2. The van der Waals surface area contributed by atoms with Crippen molar-refractivity contribution < 1.29 is 19.2 Å². The third-order valence-electron chi connectivity index (χ3n) is 3.87. The zero-order valence-electron chi connectivity index (χ0n) is 15.3. The minimum absolute atomic E-state index is 0.109. The largest absolute Gasteiger partial charge is 0.423 e. The molecule has 0 spiro atoms. The number of ether oxygens (including phenoxy) is 1. The molecule has 0 unspecified atom stereocenters. The van der Waals surface area contributed by atoms with E-state index in [1.54, 1.807) is 42.5 Å². The van der Waals surface area contributed by atoms with Crippen LogP contribution in [0.1, 0.15) is 26.3 Å². The van der Waals surface area contributed by atoms with Crippen LogP contribution in [0.4, 0.5) is 5.69 Å². The summed E-state index contributed by atoms with van der Waals surface area (Å²) in [5, 5.41) is 14.6. The number of nitrogens with zero attached hydrogens (tertiary/aromatic N) is 2. The molecule has 0 fully saturated rings. The summed E-state index contributed by atoms with van der Waals surface area (Å²) in [4.78, 5) is 34.2. The first-order chi connectivity index (χ1) is 14.4. The van der Waals surface area contributed by atoms with Crippen LogP contribution in [-0.4, -0.2) is 23.0 Å². The van der Waals surface area contributed by atoms with Crippen molar-refractivity contribution in [3.8, 4) is 5.75 Å². The number of hydrazone groups is 1. The van der Waals surface area contributed by atoms with Gasteiger partial charge in [-0.05, 0) is 60.2 Å². The van der Waals surface area contributed by atoms with Crippen molar-refractivity contribution >= 4 is 39.7 Å². The fourth-order valence-electron chi connectivity index (χ4n) is 2.37. The van der Waals surface area contributed by atoms with E-state index in [-0.39, 0.29) is 17.2 Å². The van der Waals surface area contributed by atoms with Gasteiger partial charge in [0.15, 0.2) is 0 Å². The van der Waals surface area contributed by atoms with E-state index in [0.29, 0.717) is 16.9 Å². The summed E-state index contributed by atoms with van der Waals surface area (Å²) >= 11 is 3.30. The molecule has 1 N–H and O–H groups in total. The van der Waals surface area contributed by atoms with E-state index >= 15 is 0 Å². The third kappa shape index (κ3) is 5.58. The van der Waals surface area contributed by atoms with Crippen LogP contribution < -0.4 is 10.2 Å². The Morgan fingerprint density at radius 2 is 1.70 bits per heavy atom. The van der Waals surface area contributed by atoms with Gasteiger partial charge in [0.1, 0.15) is 5.75 Å². The van der Waals surface area contributed by atoms with Gasteiger partial charge in [0, 0.05) is 22.2 Å². The summed E-state index contributed by atoms with van der Waals surface area (Å²) < 4.78 is 6.03. The first-order valence-electron chi connectivity index (χ1n) is 8.58. The fourth-order valence-corrected chi connectivity index (χ4v) is 2.77. The Balaban J connectivity index is 1.56. The van der Waals surface area contributed by atoms with Crippen molar-refractivity contribution in [3.05, 3.63) is 104 Å². The van der Waals surface area contributed by atoms with Crippen molar-refractivity contribution in [2.24, 2.45) is 5.10 Å². The van der Waals surface area contributed by atoms with Crippen molar-refractivity contribution in [2.75, 3.05) is 0 Å². The molecule has 0 aliphatic carbocycles. The topological polar surface area (TPSA) is 111 Å². The molecule has 8 nitrogen and oxygen atoms in total. The molecule has 0 atom stereocenters. The van der Waals surface area contributed by atoms with E-state index in [9.17, 15) is 19.7 Å². The molecule has 0 aliphatic heterocycles. The second-order valence-electron chi connectivity index (χ2n) is 5.97. The maximum absolute atomic E-state index is 12.1. The Morgan fingerprint density at radius 1 is 1.00 bits per heavy atom. The summed E-state index contributed by atoms with van der Waals surface area (Å²) in [6, 6.07) is 18.5. The molecule has 0 heterocycles. The van der Waals surface area contributed by atoms with Gasteiger partial charge < -0.3 is 4.74 Å². The van der Waals surface area contributed by atoms with Crippen molar-refractivity contribution in [3.63, 3.8) is 0 Å². The van der Waals surface area contributed by atoms with Crippen LogP contribution in [0.15, 0.2) is 82.4 Å². The average Bonchev–Trinajstić information content (AvgIpc) is 2.75. The molecule has 9 heteroatoms. The fraction of sp³-hybridized carbons (Fsp3) is 0. The Labute approximate surface area is 179 Å². The number of non-ortho nitro benzene ring substituents is 1. The molecule has 0 aromatic heterocycles. The molecule has 1 amide bonds. The van der Waals surface area contributed by atoms with E-state index in [0.717, 1.165) is 4.47 Å². The third-order valence-corrected chi connectivity index (χ3v) is 4.36. The Bertz CT molecular complexity index is 1110. The number of benzene rings is 3. The number of carbonyl (C=O) groups is 2. The number of nitro groups is 1. The molecule has 3 aromatic carbocycles. The normalized spacial score (nSPS) is 10.6. The molecule has 30 heavy (non-hydrogen) atoms. The molecule has 0 bridgehead atoms. The molecule has 3 aromatic rings. The summed E-state index contributed by atoms with van der Waals surface area (Å²) in [6.07, 6.45) is 1.46. The maximum atomic E-state index is 12.1. The number of nitro benzene ring substituents is 1. The number of halogens is 1. The summed E-state index contributed by atoms with van der Waals surface area (Å²) in [5.41, 5.74) is 3.67. The quantitative estimate of drug-likeness (QED) is 0.190. The molecule has 150 valence electrons. The lowest BCUT2D eigenvalue weighted by molar-refractivity contribution is -0.384. The minimum atomic E-state index is -0.632. The first kappa shape index (κ1) is 20.9. The Morgan fingerprint density at radius 3 is 2.33 bits per heavy atom. The van der Waals surface area contributed by atoms with Gasteiger partial charge in [-0.3, -0.25) is 14.9 Å². The van der Waals surface area contributed by atoms with Gasteiger partial charge in [0.25, 0.3) is 11.6 Å². The number of esters is 1. The second-order valence-corrected chi connectivity index (χ2v) is 6.89. The standard InChI is InChI=1S/C21H14BrN3O5/c22-17-3-1-2-16(12-17)20(26)24-23-13-14-4-10-19(11-5-14)30-21(27)15-6-8-18(9-7-15)25(28)29/h1-13H,(H,24,26)/b23-13+. The number of hydrogen-bond acceptors (Lipinski definition) is 6. The maximum Gasteiger partial charge on any atom is 0.343 e. The number of rotatable bonds is 6. The lowest BCUT2D eigenvalue weighted by atomic mass is 10.2. The Hall–Kier alpha value is -3.85. The minimum Gasteiger partial charge on any atom is -0.423 e. The lowest BCUT2D eigenvalue weighted by Crippen LogP contribution is -2.17. The molecule has 0 radical (unpaired) electrons. The number of amides is 1.